The molecule has 0 atom stereocenters. The average molecular weight is 336 g/mol. The third-order valence-electron chi connectivity index (χ3n) is 3.77. The van der Waals surface area contributed by atoms with E-state index in [4.69, 9.17) is 4.74 Å². The fraction of sp³-hybridized carbons (Fsp3) is 0.158. The van der Waals surface area contributed by atoms with Crippen LogP contribution >= 0.6 is 0 Å². The van der Waals surface area contributed by atoms with Crippen LogP contribution in [-0.4, -0.2) is 34.9 Å². The Morgan fingerprint density at radius 2 is 1.88 bits per heavy atom. The van der Waals surface area contributed by atoms with Gasteiger partial charge < -0.3 is 15.0 Å². The van der Waals surface area contributed by atoms with Gasteiger partial charge in [0.1, 0.15) is 5.75 Å². The van der Waals surface area contributed by atoms with E-state index >= 15 is 0 Å². The number of hydrogen-bond acceptors (Lipinski definition) is 3. The van der Waals surface area contributed by atoms with Crippen molar-refractivity contribution in [2.24, 2.45) is 0 Å². The summed E-state index contributed by atoms with van der Waals surface area (Å²) in [4.78, 5) is 14.0. The molecule has 0 aliphatic heterocycles. The average Bonchev–Trinajstić information content (AvgIpc) is 3.11. The number of benzene rings is 2. The number of methoxy groups -OCH3 is 1. The third kappa shape index (κ3) is 3.98. The van der Waals surface area contributed by atoms with E-state index in [2.05, 4.69) is 10.4 Å². The number of nitrogens with zero attached hydrogens (tertiary/aromatic N) is 3. The molecule has 0 bridgehead atoms. The first-order valence-corrected chi connectivity index (χ1v) is 7.91. The first-order chi connectivity index (χ1) is 12.2. The van der Waals surface area contributed by atoms with Gasteiger partial charge in [-0.1, -0.05) is 30.3 Å². The minimum Gasteiger partial charge on any atom is -0.495 e. The lowest BCUT2D eigenvalue weighted by atomic mass is 10.3. The van der Waals surface area contributed by atoms with E-state index in [1.54, 1.807) is 42.1 Å². The van der Waals surface area contributed by atoms with E-state index in [9.17, 15) is 4.79 Å². The number of anilines is 1. The largest absolute Gasteiger partial charge is 0.495 e. The minimum atomic E-state index is -0.211. The van der Waals surface area contributed by atoms with Crippen molar-refractivity contribution in [1.82, 2.24) is 14.7 Å². The highest BCUT2D eigenvalue weighted by Crippen LogP contribution is 2.23. The summed E-state index contributed by atoms with van der Waals surface area (Å²) in [5, 5.41) is 7.20. The molecule has 6 nitrogen and oxygen atoms in total. The quantitative estimate of drug-likeness (QED) is 0.775. The zero-order valence-corrected chi connectivity index (χ0v) is 14.2. The summed E-state index contributed by atoms with van der Waals surface area (Å²) in [6.45, 7) is 0.452. The van der Waals surface area contributed by atoms with Crippen molar-refractivity contribution in [2.45, 2.75) is 6.54 Å². The van der Waals surface area contributed by atoms with Crippen LogP contribution in [0.25, 0.3) is 5.69 Å². The maximum atomic E-state index is 12.4. The van der Waals surface area contributed by atoms with Crippen LogP contribution in [0.1, 0.15) is 5.56 Å². The lowest BCUT2D eigenvalue weighted by Gasteiger charge is -2.18. The topological polar surface area (TPSA) is 59.4 Å². The van der Waals surface area contributed by atoms with Crippen LogP contribution in [0.2, 0.25) is 0 Å². The van der Waals surface area contributed by atoms with Crippen LogP contribution in [0, 0.1) is 0 Å². The molecule has 0 saturated heterocycles. The highest BCUT2D eigenvalue weighted by molar-refractivity contribution is 5.90. The van der Waals surface area contributed by atoms with E-state index in [-0.39, 0.29) is 6.03 Å². The van der Waals surface area contributed by atoms with Crippen molar-refractivity contribution in [3.05, 3.63) is 72.6 Å². The second kappa shape index (κ2) is 7.53. The summed E-state index contributed by atoms with van der Waals surface area (Å²) < 4.78 is 7.04. The Morgan fingerprint density at radius 3 is 2.64 bits per heavy atom. The lowest BCUT2D eigenvalue weighted by Crippen LogP contribution is -2.30. The van der Waals surface area contributed by atoms with Gasteiger partial charge in [0.25, 0.3) is 0 Å². The maximum absolute atomic E-state index is 12.4. The van der Waals surface area contributed by atoms with Gasteiger partial charge in [-0.05, 0) is 24.3 Å². The van der Waals surface area contributed by atoms with E-state index in [0.29, 0.717) is 18.0 Å². The summed E-state index contributed by atoms with van der Waals surface area (Å²) >= 11 is 0. The molecule has 0 spiro atoms. The Balaban J connectivity index is 1.65. The van der Waals surface area contributed by atoms with E-state index in [1.807, 2.05) is 48.7 Å². The van der Waals surface area contributed by atoms with Crippen LogP contribution in [0.5, 0.6) is 5.75 Å². The number of urea groups is 1. The molecule has 0 fully saturated rings. The number of ether oxygens (including phenoxy) is 1. The van der Waals surface area contributed by atoms with Crippen LogP contribution in [0.4, 0.5) is 10.5 Å². The van der Waals surface area contributed by atoms with Crippen molar-refractivity contribution in [3.8, 4) is 11.4 Å². The molecule has 2 aromatic carbocycles. The normalized spacial score (nSPS) is 10.3. The number of carbonyl (C=O) groups excluding carboxylic acids is 1. The molecular weight excluding hydrogens is 316 g/mol. The van der Waals surface area contributed by atoms with Gasteiger partial charge in [-0.15, -0.1) is 0 Å². The molecule has 1 heterocycles. The number of para-hydroxylation sites is 3. The monoisotopic (exact) mass is 336 g/mol. The van der Waals surface area contributed by atoms with Crippen molar-refractivity contribution < 1.29 is 9.53 Å². The predicted octanol–water partition coefficient (Wildman–Crippen LogP) is 3.54. The third-order valence-corrected chi connectivity index (χ3v) is 3.77. The predicted molar refractivity (Wildman–Crippen MR) is 97.0 cm³/mol. The Labute approximate surface area is 146 Å². The minimum absolute atomic E-state index is 0.211. The molecule has 0 aliphatic rings. The number of amides is 2. The number of aromatic nitrogens is 2. The summed E-state index contributed by atoms with van der Waals surface area (Å²) in [7, 11) is 3.32. The molecular formula is C19H20N4O2. The number of carbonyl (C=O) groups is 1. The van der Waals surface area contributed by atoms with Crippen molar-refractivity contribution >= 4 is 11.7 Å². The number of rotatable bonds is 5. The molecule has 3 rings (SSSR count). The van der Waals surface area contributed by atoms with Gasteiger partial charge in [0.05, 0.1) is 31.2 Å². The Morgan fingerprint density at radius 1 is 1.16 bits per heavy atom. The zero-order valence-electron chi connectivity index (χ0n) is 14.2. The highest BCUT2D eigenvalue weighted by atomic mass is 16.5. The van der Waals surface area contributed by atoms with E-state index < -0.39 is 0 Å². The first kappa shape index (κ1) is 16.6. The number of hydrogen-bond donors (Lipinski definition) is 1. The standard InChI is InChI=1S/C19H20N4O2/c1-22(19(24)21-17-10-6-7-11-18(17)25-2)13-15-12-20-23(14-15)16-8-4-3-5-9-16/h3-12,14H,13H2,1-2H3,(H,21,24). The molecule has 2 amide bonds. The molecule has 0 aliphatic carbocycles. The smallest absolute Gasteiger partial charge is 0.321 e. The zero-order chi connectivity index (χ0) is 17.6. The molecule has 0 saturated carbocycles. The fourth-order valence-corrected chi connectivity index (χ4v) is 2.47. The summed E-state index contributed by atoms with van der Waals surface area (Å²) in [5.41, 5.74) is 2.57. The maximum Gasteiger partial charge on any atom is 0.321 e. The van der Waals surface area contributed by atoms with Gasteiger partial charge in [0.15, 0.2) is 0 Å². The molecule has 1 N–H and O–H groups in total. The highest BCUT2D eigenvalue weighted by Gasteiger charge is 2.13. The van der Waals surface area contributed by atoms with Crippen LogP contribution < -0.4 is 10.1 Å². The van der Waals surface area contributed by atoms with Gasteiger partial charge in [-0.25, -0.2) is 9.48 Å². The molecule has 128 valence electrons. The Kier molecular flexibility index (Phi) is 4.99. The van der Waals surface area contributed by atoms with Gasteiger partial charge in [0.2, 0.25) is 0 Å². The molecule has 25 heavy (non-hydrogen) atoms. The van der Waals surface area contributed by atoms with E-state index in [1.165, 1.54) is 0 Å². The fourth-order valence-electron chi connectivity index (χ4n) is 2.47. The Hall–Kier alpha value is -3.28. The van der Waals surface area contributed by atoms with Crippen molar-refractivity contribution in [1.29, 1.82) is 0 Å². The van der Waals surface area contributed by atoms with Gasteiger partial charge in [-0.2, -0.15) is 5.10 Å². The second-order valence-electron chi connectivity index (χ2n) is 5.62. The summed E-state index contributed by atoms with van der Waals surface area (Å²) in [5.74, 6) is 0.626. The van der Waals surface area contributed by atoms with Crippen molar-refractivity contribution in [3.63, 3.8) is 0 Å². The molecule has 6 heteroatoms. The van der Waals surface area contributed by atoms with Gasteiger partial charge in [0, 0.05) is 18.8 Å². The van der Waals surface area contributed by atoms with Crippen LogP contribution in [0.3, 0.4) is 0 Å². The van der Waals surface area contributed by atoms with Crippen molar-refractivity contribution in [2.75, 3.05) is 19.5 Å². The molecule has 0 radical (unpaired) electrons. The van der Waals surface area contributed by atoms with Gasteiger partial charge in [-0.3, -0.25) is 0 Å². The Bertz CT molecular complexity index is 845. The first-order valence-electron chi connectivity index (χ1n) is 7.91. The molecule has 1 aromatic heterocycles. The molecule has 0 unspecified atom stereocenters. The van der Waals surface area contributed by atoms with Gasteiger partial charge >= 0.3 is 6.03 Å². The lowest BCUT2D eigenvalue weighted by molar-refractivity contribution is 0.220. The number of nitrogens with one attached hydrogen (secondary N) is 1. The van der Waals surface area contributed by atoms with E-state index in [0.717, 1.165) is 11.3 Å². The summed E-state index contributed by atoms with van der Waals surface area (Å²) in [6.07, 6.45) is 3.68. The van der Waals surface area contributed by atoms with Crippen LogP contribution in [0.15, 0.2) is 67.0 Å². The summed E-state index contributed by atoms with van der Waals surface area (Å²) in [6, 6.07) is 17.0. The second-order valence-corrected chi connectivity index (χ2v) is 5.62. The molecule has 3 aromatic rings. The van der Waals surface area contributed by atoms with Crippen LogP contribution in [-0.2, 0) is 6.54 Å². The SMILES string of the molecule is COc1ccccc1NC(=O)N(C)Cc1cnn(-c2ccccc2)c1.